The summed E-state index contributed by atoms with van der Waals surface area (Å²) in [5.41, 5.74) is 1.40. The Labute approximate surface area is 147 Å². The second-order valence-corrected chi connectivity index (χ2v) is 6.84. The Balaban J connectivity index is 1.67. The van der Waals surface area contributed by atoms with Crippen molar-refractivity contribution in [2.45, 2.75) is 64.7 Å². The number of ether oxygens (including phenoxy) is 1. The van der Waals surface area contributed by atoms with Crippen molar-refractivity contribution in [2.75, 3.05) is 6.61 Å². The van der Waals surface area contributed by atoms with E-state index >= 15 is 0 Å². The van der Waals surface area contributed by atoms with Crippen molar-refractivity contribution in [1.82, 2.24) is 0 Å². The maximum Gasteiger partial charge on any atom is 0.152 e. The molecule has 0 radical (unpaired) electrons. The number of nitrogens with zero attached hydrogens (tertiary/aromatic N) is 1. The van der Waals surface area contributed by atoms with Gasteiger partial charge >= 0.3 is 0 Å². The molecule has 1 saturated carbocycles. The van der Waals surface area contributed by atoms with Gasteiger partial charge in [-0.05, 0) is 68.6 Å². The highest BCUT2D eigenvalue weighted by molar-refractivity contribution is 5.27. The summed E-state index contributed by atoms with van der Waals surface area (Å²) >= 11 is 0. The lowest BCUT2D eigenvalue weighted by Crippen LogP contribution is -2.14. The van der Waals surface area contributed by atoms with Crippen LogP contribution in [0.5, 0.6) is 5.75 Å². The Bertz CT molecular complexity index is 565. The van der Waals surface area contributed by atoms with Gasteiger partial charge in [0.25, 0.3) is 0 Å². The Morgan fingerprint density at radius 1 is 1.08 bits per heavy atom. The Hall–Kier alpha value is -1.93. The zero-order chi connectivity index (χ0) is 17.0. The van der Waals surface area contributed by atoms with Crippen molar-refractivity contribution in [2.24, 2.45) is 11.8 Å². The first-order valence-electron chi connectivity index (χ1n) is 9.43. The van der Waals surface area contributed by atoms with Gasteiger partial charge in [-0.2, -0.15) is 5.26 Å². The van der Waals surface area contributed by atoms with E-state index in [2.05, 4.69) is 43.0 Å². The molecule has 1 aromatic carbocycles. The van der Waals surface area contributed by atoms with Crippen molar-refractivity contribution in [1.29, 1.82) is 5.26 Å². The van der Waals surface area contributed by atoms with E-state index in [1.165, 1.54) is 37.7 Å². The highest BCUT2D eigenvalue weighted by Gasteiger charge is 2.19. The molecular weight excluding hydrogens is 294 g/mol. The number of hydrogen-bond donors (Lipinski definition) is 0. The molecule has 1 aliphatic carbocycles. The molecule has 0 saturated heterocycles. The van der Waals surface area contributed by atoms with Crippen molar-refractivity contribution in [3.63, 3.8) is 0 Å². The summed E-state index contributed by atoms with van der Waals surface area (Å²) in [6.45, 7) is 3.03. The normalized spacial score (nSPS) is 19.8. The zero-order valence-corrected chi connectivity index (χ0v) is 14.9. The molecule has 24 heavy (non-hydrogen) atoms. The molecule has 128 valence electrons. The summed E-state index contributed by atoms with van der Waals surface area (Å²) < 4.78 is 5.77. The molecule has 2 nitrogen and oxygen atoms in total. The number of nitriles is 1. The number of hydrogen-bond acceptors (Lipinski definition) is 2. The predicted molar refractivity (Wildman–Crippen MR) is 98.6 cm³/mol. The molecule has 1 aliphatic rings. The second kappa shape index (κ2) is 10.8. The minimum atomic E-state index is 0.449. The van der Waals surface area contributed by atoms with Gasteiger partial charge in [0.15, 0.2) is 6.07 Å². The van der Waals surface area contributed by atoms with Crippen LogP contribution in [-0.2, 0) is 6.42 Å². The van der Waals surface area contributed by atoms with Crippen molar-refractivity contribution >= 4 is 0 Å². The van der Waals surface area contributed by atoms with Crippen LogP contribution in [0.15, 0.2) is 24.3 Å². The smallest absolute Gasteiger partial charge is 0.152 e. The monoisotopic (exact) mass is 323 g/mol. The van der Waals surface area contributed by atoms with Crippen molar-refractivity contribution < 1.29 is 4.74 Å². The summed E-state index contributed by atoms with van der Waals surface area (Å²) in [5.74, 6) is 7.89. The first kappa shape index (κ1) is 18.4. The maximum atomic E-state index is 8.52. The van der Waals surface area contributed by atoms with Crippen molar-refractivity contribution in [3.05, 3.63) is 29.8 Å². The SMILES string of the molecule is CCCCCOc1ccc(CC[C@H]2CC[C@H](C#CC#N)CC2)cc1. The molecule has 2 heteroatoms. The standard InChI is InChI=1S/C22H29NO/c1-2-3-4-18-24-22-15-13-21(14-16-22)12-11-20-9-7-19(8-10-20)6-5-17-23/h13-16,19-20H,2-4,7-12,18H2,1H3/t19-,20-. The van der Waals surface area contributed by atoms with Gasteiger partial charge in [0.1, 0.15) is 5.75 Å². The van der Waals surface area contributed by atoms with Crippen molar-refractivity contribution in [3.8, 4) is 23.7 Å². The van der Waals surface area contributed by atoms with Gasteiger partial charge < -0.3 is 4.74 Å². The van der Waals surface area contributed by atoms with Gasteiger partial charge in [-0.15, -0.1) is 0 Å². The molecule has 0 spiro atoms. The van der Waals surface area contributed by atoms with E-state index in [0.717, 1.165) is 44.0 Å². The largest absolute Gasteiger partial charge is 0.494 e. The molecule has 0 amide bonds. The topological polar surface area (TPSA) is 33.0 Å². The van der Waals surface area contributed by atoms with Crippen LogP contribution in [0.4, 0.5) is 0 Å². The van der Waals surface area contributed by atoms with E-state index in [4.69, 9.17) is 10.00 Å². The van der Waals surface area contributed by atoms with E-state index in [9.17, 15) is 0 Å². The van der Waals surface area contributed by atoms with Crippen LogP contribution >= 0.6 is 0 Å². The van der Waals surface area contributed by atoms with E-state index in [-0.39, 0.29) is 0 Å². The lowest BCUT2D eigenvalue weighted by atomic mass is 9.80. The lowest BCUT2D eigenvalue weighted by Gasteiger charge is -2.25. The molecule has 0 aromatic heterocycles. The number of rotatable bonds is 8. The molecule has 1 fully saturated rings. The fourth-order valence-electron chi connectivity index (χ4n) is 3.40. The average molecular weight is 323 g/mol. The minimum absolute atomic E-state index is 0.449. The van der Waals surface area contributed by atoms with Gasteiger partial charge in [-0.1, -0.05) is 37.8 Å². The van der Waals surface area contributed by atoms with Crippen LogP contribution in [0.2, 0.25) is 0 Å². The lowest BCUT2D eigenvalue weighted by molar-refractivity contribution is 0.301. The molecule has 0 aliphatic heterocycles. The Morgan fingerprint density at radius 3 is 2.50 bits per heavy atom. The summed E-state index contributed by atoms with van der Waals surface area (Å²) in [7, 11) is 0. The van der Waals surface area contributed by atoms with Gasteiger partial charge in [0.05, 0.1) is 6.61 Å². The third kappa shape index (κ3) is 6.67. The number of unbranched alkanes of at least 4 members (excludes halogenated alkanes) is 2. The van der Waals surface area contributed by atoms with Gasteiger partial charge in [-0.3, -0.25) is 0 Å². The summed E-state index contributed by atoms with van der Waals surface area (Å²) in [5, 5.41) is 8.52. The number of aryl methyl sites for hydroxylation is 1. The van der Waals surface area contributed by atoms with Crippen LogP contribution < -0.4 is 4.74 Å². The molecule has 0 bridgehead atoms. The van der Waals surface area contributed by atoms with E-state index in [0.29, 0.717) is 5.92 Å². The van der Waals surface area contributed by atoms with Gasteiger partial charge in [0.2, 0.25) is 0 Å². The van der Waals surface area contributed by atoms with E-state index in [1.807, 2.05) is 6.07 Å². The third-order valence-corrected chi connectivity index (χ3v) is 4.96. The summed E-state index contributed by atoms with van der Waals surface area (Å²) in [4.78, 5) is 0. The number of benzene rings is 1. The van der Waals surface area contributed by atoms with Crippen LogP contribution in [0, 0.1) is 35.0 Å². The highest BCUT2D eigenvalue weighted by Crippen LogP contribution is 2.31. The molecule has 2 rings (SSSR count). The second-order valence-electron chi connectivity index (χ2n) is 6.84. The molecular formula is C22H29NO. The van der Waals surface area contributed by atoms with E-state index < -0.39 is 0 Å². The van der Waals surface area contributed by atoms with Crippen LogP contribution in [0.3, 0.4) is 0 Å². The average Bonchev–Trinajstić information content (AvgIpc) is 2.64. The van der Waals surface area contributed by atoms with Crippen LogP contribution in [0.25, 0.3) is 0 Å². The summed E-state index contributed by atoms with van der Waals surface area (Å²) in [6, 6.07) is 10.6. The Morgan fingerprint density at radius 2 is 1.83 bits per heavy atom. The third-order valence-electron chi connectivity index (χ3n) is 4.96. The van der Waals surface area contributed by atoms with Gasteiger partial charge in [-0.25, -0.2) is 0 Å². The maximum absolute atomic E-state index is 8.52. The first-order valence-corrected chi connectivity index (χ1v) is 9.43. The summed E-state index contributed by atoms with van der Waals surface area (Å²) in [6.07, 6.45) is 10.8. The first-order chi connectivity index (χ1) is 11.8. The molecule has 0 atom stereocenters. The fraction of sp³-hybridized carbons (Fsp3) is 0.591. The van der Waals surface area contributed by atoms with Gasteiger partial charge in [0, 0.05) is 11.8 Å². The predicted octanol–water partition coefficient (Wildman–Crippen LogP) is 5.52. The fourth-order valence-corrected chi connectivity index (χ4v) is 3.40. The quantitative estimate of drug-likeness (QED) is 0.466. The minimum Gasteiger partial charge on any atom is -0.494 e. The highest BCUT2D eigenvalue weighted by atomic mass is 16.5. The van der Waals surface area contributed by atoms with Crippen LogP contribution in [-0.4, -0.2) is 6.61 Å². The molecule has 0 heterocycles. The molecule has 0 N–H and O–H groups in total. The molecule has 0 unspecified atom stereocenters. The van der Waals surface area contributed by atoms with Crippen LogP contribution in [0.1, 0.15) is 63.9 Å². The Kier molecular flexibility index (Phi) is 8.26. The molecule has 1 aromatic rings. The zero-order valence-electron chi connectivity index (χ0n) is 14.9. The van der Waals surface area contributed by atoms with E-state index in [1.54, 1.807) is 0 Å².